The molecule has 3 nitrogen and oxygen atoms in total. The minimum atomic E-state index is 0.117. The van der Waals surface area contributed by atoms with Gasteiger partial charge in [-0.3, -0.25) is 0 Å². The van der Waals surface area contributed by atoms with E-state index in [-0.39, 0.29) is 5.41 Å². The van der Waals surface area contributed by atoms with E-state index in [0.29, 0.717) is 0 Å². The molecule has 14 heavy (non-hydrogen) atoms. The fourth-order valence-electron chi connectivity index (χ4n) is 1.24. The number of aryl methyl sites for hydroxylation is 1. The number of nitrogens with zero attached hydrogens (tertiary/aromatic N) is 2. The van der Waals surface area contributed by atoms with Crippen molar-refractivity contribution in [1.29, 1.82) is 0 Å². The largest absolute Gasteiger partial charge is 0.411 e. The van der Waals surface area contributed by atoms with Crippen LogP contribution in [0.2, 0.25) is 0 Å². The molecular formula is C11H17N2O+. The van der Waals surface area contributed by atoms with Crippen molar-refractivity contribution in [3.63, 3.8) is 0 Å². The zero-order valence-electron chi connectivity index (χ0n) is 9.15. The number of pyridine rings is 1. The van der Waals surface area contributed by atoms with Crippen LogP contribution in [0.25, 0.3) is 0 Å². The Morgan fingerprint density at radius 2 is 2.07 bits per heavy atom. The first-order chi connectivity index (χ1) is 6.45. The molecule has 0 amide bonds. The Balaban J connectivity index is 3.19. The second-order valence-corrected chi connectivity index (χ2v) is 4.45. The fourth-order valence-corrected chi connectivity index (χ4v) is 1.24. The first-order valence-corrected chi connectivity index (χ1v) is 4.63. The van der Waals surface area contributed by atoms with Crippen LogP contribution in [-0.4, -0.2) is 11.4 Å². The van der Waals surface area contributed by atoms with Gasteiger partial charge in [-0.25, -0.2) is 4.57 Å². The minimum Gasteiger partial charge on any atom is -0.411 e. The van der Waals surface area contributed by atoms with Crippen LogP contribution in [-0.2, 0) is 12.5 Å². The molecule has 0 unspecified atom stereocenters. The fraction of sp³-hybridized carbons (Fsp3) is 0.455. The van der Waals surface area contributed by atoms with E-state index in [9.17, 15) is 0 Å². The van der Waals surface area contributed by atoms with Crippen LogP contribution >= 0.6 is 0 Å². The summed E-state index contributed by atoms with van der Waals surface area (Å²) in [5.74, 6) is 0. The Labute approximate surface area is 84.7 Å². The van der Waals surface area contributed by atoms with Gasteiger partial charge >= 0.3 is 0 Å². The Kier molecular flexibility index (Phi) is 2.89. The molecule has 0 spiro atoms. The SMILES string of the molecule is C[n+]1ccc(C(C)(C)C)cc1C=NO. The van der Waals surface area contributed by atoms with Gasteiger partial charge in [0.05, 0.1) is 0 Å². The number of oxime groups is 1. The highest BCUT2D eigenvalue weighted by molar-refractivity contribution is 5.74. The lowest BCUT2D eigenvalue weighted by molar-refractivity contribution is -0.672. The van der Waals surface area contributed by atoms with Crippen molar-refractivity contribution in [2.24, 2.45) is 12.2 Å². The monoisotopic (exact) mass is 193 g/mol. The van der Waals surface area contributed by atoms with Crippen LogP contribution < -0.4 is 4.57 Å². The second-order valence-electron chi connectivity index (χ2n) is 4.45. The predicted octanol–water partition coefficient (Wildman–Crippen LogP) is 1.62. The summed E-state index contributed by atoms with van der Waals surface area (Å²) in [5, 5.41) is 11.5. The van der Waals surface area contributed by atoms with Crippen LogP contribution in [0.3, 0.4) is 0 Å². The Hall–Kier alpha value is -1.38. The maximum atomic E-state index is 8.49. The highest BCUT2D eigenvalue weighted by Crippen LogP contribution is 2.20. The molecule has 0 aliphatic rings. The summed E-state index contributed by atoms with van der Waals surface area (Å²) in [5.41, 5.74) is 2.23. The summed E-state index contributed by atoms with van der Waals surface area (Å²) in [7, 11) is 1.92. The summed E-state index contributed by atoms with van der Waals surface area (Å²) in [6, 6.07) is 4.11. The lowest BCUT2D eigenvalue weighted by Gasteiger charge is -2.17. The Bertz CT molecular complexity index is 351. The molecule has 0 aliphatic carbocycles. The molecule has 1 N–H and O–H groups in total. The van der Waals surface area contributed by atoms with Crippen LogP contribution in [0.5, 0.6) is 0 Å². The number of hydrogen-bond acceptors (Lipinski definition) is 2. The molecule has 1 aromatic heterocycles. The lowest BCUT2D eigenvalue weighted by atomic mass is 9.87. The second kappa shape index (κ2) is 3.78. The minimum absolute atomic E-state index is 0.117. The van der Waals surface area contributed by atoms with Gasteiger partial charge in [0.1, 0.15) is 13.3 Å². The molecule has 0 saturated heterocycles. The van der Waals surface area contributed by atoms with Crippen molar-refractivity contribution in [2.45, 2.75) is 26.2 Å². The molecule has 0 saturated carbocycles. The zero-order valence-corrected chi connectivity index (χ0v) is 9.15. The maximum absolute atomic E-state index is 8.49. The van der Waals surface area contributed by atoms with Gasteiger partial charge in [-0.2, -0.15) is 0 Å². The number of hydrogen-bond donors (Lipinski definition) is 1. The van der Waals surface area contributed by atoms with E-state index in [1.807, 2.05) is 23.9 Å². The van der Waals surface area contributed by atoms with E-state index >= 15 is 0 Å². The van der Waals surface area contributed by atoms with Gasteiger partial charge in [0, 0.05) is 12.1 Å². The molecule has 0 aromatic carbocycles. The third kappa shape index (κ3) is 2.31. The molecule has 3 heteroatoms. The van der Waals surface area contributed by atoms with Crippen molar-refractivity contribution >= 4 is 6.21 Å². The van der Waals surface area contributed by atoms with Gasteiger partial charge in [-0.1, -0.05) is 25.9 Å². The zero-order chi connectivity index (χ0) is 10.8. The topological polar surface area (TPSA) is 36.5 Å². The van der Waals surface area contributed by atoms with E-state index in [4.69, 9.17) is 5.21 Å². The third-order valence-corrected chi connectivity index (χ3v) is 2.24. The molecule has 76 valence electrons. The highest BCUT2D eigenvalue weighted by Gasteiger charge is 2.16. The van der Waals surface area contributed by atoms with E-state index < -0.39 is 0 Å². The smallest absolute Gasteiger partial charge is 0.227 e. The molecular weight excluding hydrogens is 176 g/mol. The van der Waals surface area contributed by atoms with Crippen molar-refractivity contribution in [3.05, 3.63) is 29.6 Å². The van der Waals surface area contributed by atoms with Gasteiger partial charge in [0.25, 0.3) is 0 Å². The Morgan fingerprint density at radius 1 is 1.43 bits per heavy atom. The molecule has 0 fully saturated rings. The highest BCUT2D eigenvalue weighted by atomic mass is 16.4. The van der Waals surface area contributed by atoms with Crippen molar-refractivity contribution < 1.29 is 9.77 Å². The molecule has 1 rings (SSSR count). The number of rotatable bonds is 1. The Morgan fingerprint density at radius 3 is 2.57 bits per heavy atom. The summed E-state index contributed by atoms with van der Waals surface area (Å²) in [6.07, 6.45) is 3.41. The van der Waals surface area contributed by atoms with Crippen LogP contribution in [0.4, 0.5) is 0 Å². The van der Waals surface area contributed by atoms with Gasteiger partial charge in [-0.15, -0.1) is 0 Å². The number of aromatic nitrogens is 1. The summed E-state index contributed by atoms with van der Waals surface area (Å²) < 4.78 is 1.91. The molecule has 0 bridgehead atoms. The first-order valence-electron chi connectivity index (χ1n) is 4.63. The average Bonchev–Trinajstić information content (AvgIpc) is 2.07. The third-order valence-electron chi connectivity index (χ3n) is 2.24. The van der Waals surface area contributed by atoms with E-state index in [0.717, 1.165) is 5.69 Å². The standard InChI is InChI=1S/C11H16N2O/c1-11(2,3)9-5-6-13(4)10(7-9)8-12-14/h5-8H,1-4H3/p+1. The predicted molar refractivity (Wildman–Crippen MR) is 55.7 cm³/mol. The molecule has 0 radical (unpaired) electrons. The van der Waals surface area contributed by atoms with Crippen LogP contribution in [0.1, 0.15) is 32.0 Å². The molecule has 1 heterocycles. The molecule has 0 aliphatic heterocycles. The lowest BCUT2D eigenvalue weighted by Crippen LogP contribution is -2.34. The molecule has 0 atom stereocenters. The van der Waals surface area contributed by atoms with Crippen LogP contribution in [0.15, 0.2) is 23.5 Å². The first kappa shape index (κ1) is 10.7. The van der Waals surface area contributed by atoms with Gasteiger partial charge in [-0.05, 0) is 11.0 Å². The maximum Gasteiger partial charge on any atom is 0.227 e. The van der Waals surface area contributed by atoms with E-state index in [1.54, 1.807) is 0 Å². The quantitative estimate of drug-likeness (QED) is 0.313. The van der Waals surface area contributed by atoms with E-state index in [2.05, 4.69) is 32.0 Å². The van der Waals surface area contributed by atoms with Gasteiger partial charge in [0.15, 0.2) is 6.20 Å². The van der Waals surface area contributed by atoms with E-state index in [1.165, 1.54) is 11.8 Å². The summed E-state index contributed by atoms with van der Waals surface area (Å²) in [4.78, 5) is 0. The van der Waals surface area contributed by atoms with Crippen molar-refractivity contribution in [3.8, 4) is 0 Å². The summed E-state index contributed by atoms with van der Waals surface area (Å²) in [6.45, 7) is 6.46. The van der Waals surface area contributed by atoms with Crippen LogP contribution in [0, 0.1) is 0 Å². The normalized spacial score (nSPS) is 12.3. The van der Waals surface area contributed by atoms with Gasteiger partial charge < -0.3 is 5.21 Å². The molecule has 1 aromatic rings. The van der Waals surface area contributed by atoms with Crippen molar-refractivity contribution in [2.75, 3.05) is 0 Å². The van der Waals surface area contributed by atoms with Gasteiger partial charge in [0.2, 0.25) is 5.69 Å². The summed E-state index contributed by atoms with van der Waals surface area (Å²) >= 11 is 0. The van der Waals surface area contributed by atoms with Crippen molar-refractivity contribution in [1.82, 2.24) is 0 Å². The average molecular weight is 193 g/mol.